The van der Waals surface area contributed by atoms with Crippen molar-refractivity contribution in [3.8, 4) is 11.5 Å². The molecule has 0 heterocycles. The van der Waals surface area contributed by atoms with Crippen LogP contribution in [0, 0.1) is 10.1 Å². The van der Waals surface area contributed by atoms with Gasteiger partial charge in [-0.2, -0.15) is 0 Å². The predicted molar refractivity (Wildman–Crippen MR) is 90.3 cm³/mol. The van der Waals surface area contributed by atoms with Gasteiger partial charge in [0.05, 0.1) is 12.0 Å². The SMILES string of the molecule is COc1ccc(CN[C@@H]2CCCc3ccc([N+](=O)[O-])cc32)cc1O. The minimum atomic E-state index is -0.354. The minimum absolute atomic E-state index is 0.0814. The number of nitro groups is 1. The topological polar surface area (TPSA) is 84.6 Å². The van der Waals surface area contributed by atoms with Gasteiger partial charge in [0.1, 0.15) is 0 Å². The van der Waals surface area contributed by atoms with Gasteiger partial charge in [0.2, 0.25) is 0 Å². The first-order chi connectivity index (χ1) is 11.6. The molecule has 0 saturated heterocycles. The lowest BCUT2D eigenvalue weighted by atomic mass is 9.87. The van der Waals surface area contributed by atoms with Gasteiger partial charge in [0, 0.05) is 24.7 Å². The fourth-order valence-corrected chi connectivity index (χ4v) is 3.20. The maximum atomic E-state index is 11.0. The van der Waals surface area contributed by atoms with Gasteiger partial charge in [-0.1, -0.05) is 12.1 Å². The number of phenolic OH excluding ortho intramolecular Hbond substituents is 1. The van der Waals surface area contributed by atoms with Crippen molar-refractivity contribution in [2.24, 2.45) is 0 Å². The van der Waals surface area contributed by atoms with Crippen LogP contribution < -0.4 is 10.1 Å². The first-order valence-corrected chi connectivity index (χ1v) is 7.95. The number of nitro benzene ring substituents is 1. The van der Waals surface area contributed by atoms with E-state index in [9.17, 15) is 15.2 Å². The van der Waals surface area contributed by atoms with E-state index in [1.54, 1.807) is 24.3 Å². The van der Waals surface area contributed by atoms with Gasteiger partial charge in [-0.25, -0.2) is 0 Å². The second kappa shape index (κ2) is 6.88. The van der Waals surface area contributed by atoms with E-state index in [2.05, 4.69) is 5.32 Å². The summed E-state index contributed by atoms with van der Waals surface area (Å²) in [7, 11) is 1.51. The smallest absolute Gasteiger partial charge is 0.269 e. The van der Waals surface area contributed by atoms with Crippen LogP contribution >= 0.6 is 0 Å². The number of benzene rings is 2. The molecule has 2 aromatic rings. The highest BCUT2D eigenvalue weighted by atomic mass is 16.6. The van der Waals surface area contributed by atoms with Crippen molar-refractivity contribution < 1.29 is 14.8 Å². The van der Waals surface area contributed by atoms with E-state index in [1.165, 1.54) is 12.7 Å². The standard InChI is InChI=1S/C18H20N2O4/c1-24-18-8-5-12(9-17(18)21)11-19-16-4-2-3-13-6-7-14(20(22)23)10-15(13)16/h5-10,16,19,21H,2-4,11H2,1H3/t16-/m1/s1. The third kappa shape index (κ3) is 3.33. The summed E-state index contributed by atoms with van der Waals surface area (Å²) in [6.07, 6.45) is 2.95. The van der Waals surface area contributed by atoms with Crippen LogP contribution in [0.4, 0.5) is 5.69 Å². The van der Waals surface area contributed by atoms with E-state index >= 15 is 0 Å². The molecule has 6 heteroatoms. The van der Waals surface area contributed by atoms with E-state index in [4.69, 9.17) is 4.74 Å². The molecular formula is C18H20N2O4. The average Bonchev–Trinajstić information content (AvgIpc) is 2.59. The van der Waals surface area contributed by atoms with Crippen LogP contribution in [0.25, 0.3) is 0 Å². The number of ether oxygens (including phenoxy) is 1. The Kier molecular flexibility index (Phi) is 4.66. The number of nitrogens with zero attached hydrogens (tertiary/aromatic N) is 1. The molecule has 0 unspecified atom stereocenters. The second-order valence-electron chi connectivity index (χ2n) is 5.97. The Morgan fingerprint density at radius 1 is 1.33 bits per heavy atom. The van der Waals surface area contributed by atoms with Gasteiger partial charge in [-0.3, -0.25) is 10.1 Å². The monoisotopic (exact) mass is 328 g/mol. The number of fused-ring (bicyclic) bond motifs is 1. The van der Waals surface area contributed by atoms with Crippen molar-refractivity contribution in [3.05, 3.63) is 63.2 Å². The lowest BCUT2D eigenvalue weighted by Crippen LogP contribution is -2.25. The van der Waals surface area contributed by atoms with Gasteiger partial charge in [-0.05, 0) is 48.1 Å². The van der Waals surface area contributed by atoms with E-state index in [0.29, 0.717) is 12.3 Å². The first kappa shape index (κ1) is 16.3. The largest absolute Gasteiger partial charge is 0.504 e. The third-order valence-corrected chi connectivity index (χ3v) is 4.45. The van der Waals surface area contributed by atoms with Gasteiger partial charge in [-0.15, -0.1) is 0 Å². The summed E-state index contributed by atoms with van der Waals surface area (Å²) in [5.41, 5.74) is 3.24. The van der Waals surface area contributed by atoms with Crippen LogP contribution in [0.15, 0.2) is 36.4 Å². The van der Waals surface area contributed by atoms with Crippen molar-refractivity contribution >= 4 is 5.69 Å². The Labute approximate surface area is 140 Å². The van der Waals surface area contributed by atoms with Crippen molar-refractivity contribution in [1.29, 1.82) is 0 Å². The first-order valence-electron chi connectivity index (χ1n) is 7.95. The molecule has 6 nitrogen and oxygen atoms in total. The predicted octanol–water partition coefficient (Wildman–Crippen LogP) is 3.48. The zero-order valence-electron chi connectivity index (χ0n) is 13.5. The Bertz CT molecular complexity index is 761. The molecule has 0 spiro atoms. The molecule has 24 heavy (non-hydrogen) atoms. The number of hydrogen-bond acceptors (Lipinski definition) is 5. The van der Waals surface area contributed by atoms with Crippen LogP contribution in [-0.4, -0.2) is 17.1 Å². The Morgan fingerprint density at radius 2 is 2.17 bits per heavy atom. The molecule has 2 N–H and O–H groups in total. The van der Waals surface area contributed by atoms with E-state index in [-0.39, 0.29) is 22.4 Å². The number of methoxy groups -OCH3 is 1. The van der Waals surface area contributed by atoms with Gasteiger partial charge < -0.3 is 15.2 Å². The summed E-state index contributed by atoms with van der Waals surface area (Å²) in [4.78, 5) is 10.7. The number of non-ortho nitro benzene ring substituents is 1. The maximum Gasteiger partial charge on any atom is 0.269 e. The van der Waals surface area contributed by atoms with Crippen molar-refractivity contribution in [1.82, 2.24) is 5.32 Å². The fraction of sp³-hybridized carbons (Fsp3) is 0.333. The van der Waals surface area contributed by atoms with E-state index < -0.39 is 0 Å². The number of aryl methyl sites for hydroxylation is 1. The summed E-state index contributed by atoms with van der Waals surface area (Å²) < 4.78 is 5.04. The Morgan fingerprint density at radius 3 is 2.88 bits per heavy atom. The van der Waals surface area contributed by atoms with Gasteiger partial charge in [0.15, 0.2) is 11.5 Å². The van der Waals surface area contributed by atoms with E-state index in [1.807, 2.05) is 12.1 Å². The van der Waals surface area contributed by atoms with Crippen molar-refractivity contribution in [2.45, 2.75) is 31.8 Å². The van der Waals surface area contributed by atoms with Crippen LogP contribution in [0.3, 0.4) is 0 Å². The van der Waals surface area contributed by atoms with Crippen LogP contribution in [0.5, 0.6) is 11.5 Å². The highest BCUT2D eigenvalue weighted by Gasteiger charge is 2.22. The molecular weight excluding hydrogens is 308 g/mol. The van der Waals surface area contributed by atoms with Gasteiger partial charge >= 0.3 is 0 Å². The molecule has 0 fully saturated rings. The number of nitrogens with one attached hydrogen (secondary N) is 1. The molecule has 126 valence electrons. The molecule has 1 atom stereocenters. The summed E-state index contributed by atoms with van der Waals surface area (Å²) in [6, 6.07) is 10.5. The lowest BCUT2D eigenvalue weighted by Gasteiger charge is -2.26. The van der Waals surface area contributed by atoms with Crippen molar-refractivity contribution in [2.75, 3.05) is 7.11 Å². The molecule has 2 aromatic carbocycles. The van der Waals surface area contributed by atoms with E-state index in [0.717, 1.165) is 30.4 Å². The van der Waals surface area contributed by atoms with Crippen LogP contribution in [0.1, 0.15) is 35.6 Å². The normalized spacial score (nSPS) is 16.5. The molecule has 1 aliphatic rings. The minimum Gasteiger partial charge on any atom is -0.504 e. The number of hydrogen-bond donors (Lipinski definition) is 2. The quantitative estimate of drug-likeness (QED) is 0.648. The second-order valence-corrected chi connectivity index (χ2v) is 5.97. The molecule has 0 radical (unpaired) electrons. The lowest BCUT2D eigenvalue weighted by molar-refractivity contribution is -0.385. The summed E-state index contributed by atoms with van der Waals surface area (Å²) in [5, 5.41) is 24.3. The number of phenols is 1. The molecule has 1 aliphatic carbocycles. The summed E-state index contributed by atoms with van der Waals surface area (Å²) in [6.45, 7) is 0.574. The molecule has 0 aromatic heterocycles. The molecule has 0 amide bonds. The van der Waals surface area contributed by atoms with Crippen LogP contribution in [-0.2, 0) is 13.0 Å². The molecule has 3 rings (SSSR count). The molecule has 0 saturated carbocycles. The Hall–Kier alpha value is -2.60. The Balaban J connectivity index is 1.76. The molecule has 0 aliphatic heterocycles. The maximum absolute atomic E-state index is 11.0. The molecule has 0 bridgehead atoms. The zero-order valence-corrected chi connectivity index (χ0v) is 13.5. The highest BCUT2D eigenvalue weighted by Crippen LogP contribution is 2.33. The fourth-order valence-electron chi connectivity index (χ4n) is 3.20. The van der Waals surface area contributed by atoms with Gasteiger partial charge in [0.25, 0.3) is 5.69 Å². The number of aromatic hydroxyl groups is 1. The third-order valence-electron chi connectivity index (χ3n) is 4.45. The summed E-state index contributed by atoms with van der Waals surface area (Å²) in [5.74, 6) is 0.550. The number of rotatable bonds is 5. The highest BCUT2D eigenvalue weighted by molar-refractivity contribution is 5.43. The zero-order chi connectivity index (χ0) is 17.1. The van der Waals surface area contributed by atoms with Crippen LogP contribution in [0.2, 0.25) is 0 Å². The van der Waals surface area contributed by atoms with Crippen molar-refractivity contribution in [3.63, 3.8) is 0 Å². The summed E-state index contributed by atoms with van der Waals surface area (Å²) >= 11 is 0. The average molecular weight is 328 g/mol.